The molecule has 2 fully saturated rings. The van der Waals surface area contributed by atoms with E-state index in [1.54, 1.807) is 6.08 Å². The molecule has 2 aliphatic rings. The average Bonchev–Trinajstić information content (AvgIpc) is 3.84. The van der Waals surface area contributed by atoms with Crippen LogP contribution in [-0.4, -0.2) is 58.5 Å². The van der Waals surface area contributed by atoms with Gasteiger partial charge in [0.05, 0.1) is 29.7 Å². The molecule has 0 saturated heterocycles. The van der Waals surface area contributed by atoms with Crippen molar-refractivity contribution in [3.63, 3.8) is 0 Å². The van der Waals surface area contributed by atoms with Crippen LogP contribution in [0.2, 0.25) is 0 Å². The smallest absolute Gasteiger partial charge is 0.373 e. The predicted molar refractivity (Wildman–Crippen MR) is 273 cm³/mol. The van der Waals surface area contributed by atoms with Gasteiger partial charge < -0.3 is 24.3 Å². The number of nitrogens with one attached hydrogen (secondary N) is 1. The van der Waals surface area contributed by atoms with E-state index in [-0.39, 0.29) is 55.6 Å². The number of hydrogen-bond donors (Lipinski definition) is 1. The Morgan fingerprint density at radius 3 is 1.16 bits per heavy atom. The largest absolute Gasteiger partial charge is 2.00 e. The monoisotopic (exact) mass is 1070 g/mol. The Morgan fingerprint density at radius 2 is 0.984 bits per heavy atom. The van der Waals surface area contributed by atoms with Crippen molar-refractivity contribution in [2.24, 2.45) is 35.0 Å². The van der Waals surface area contributed by atoms with E-state index in [4.69, 9.17) is 9.47 Å². The Balaban J connectivity index is -0.0000000634. The van der Waals surface area contributed by atoms with Crippen LogP contribution < -0.4 is 4.72 Å². The molecule has 0 aromatic carbocycles. The van der Waals surface area contributed by atoms with Gasteiger partial charge in [0.2, 0.25) is 10.0 Å². The molecule has 0 amide bonds. The van der Waals surface area contributed by atoms with E-state index >= 15 is 0 Å². The fourth-order valence-corrected chi connectivity index (χ4v) is 5.00. The van der Waals surface area contributed by atoms with Crippen molar-refractivity contribution in [1.29, 1.82) is 0 Å². The molecule has 0 aliphatic heterocycles. The number of hydrogen-bond acceptors (Lipinski definition) is 4. The number of sulfonamides is 1. The molecule has 10 heteroatoms. The molecule has 2 saturated carbocycles. The molecule has 0 unspecified atom stereocenters. The molecule has 373 valence electrons. The van der Waals surface area contributed by atoms with E-state index in [9.17, 15) is 17.2 Å². The molecular formula is C51H111BF2NO4SW. The minimum absolute atomic E-state index is 0. The van der Waals surface area contributed by atoms with Gasteiger partial charge in [0.15, 0.2) is 0 Å². The molecule has 2 aliphatic carbocycles. The third-order valence-electron chi connectivity index (χ3n) is 7.47. The van der Waals surface area contributed by atoms with Crippen LogP contribution >= 0.6 is 0 Å². The summed E-state index contributed by atoms with van der Waals surface area (Å²) in [7, 11) is -2.94. The molecular weight excluding hydrogens is 955 g/mol. The number of halogens is 2. The summed E-state index contributed by atoms with van der Waals surface area (Å²) >= 11 is 0. The molecule has 0 heterocycles. The summed E-state index contributed by atoms with van der Waals surface area (Å²) < 4.78 is 62.2. The van der Waals surface area contributed by atoms with Crippen molar-refractivity contribution in [2.75, 3.05) is 0 Å². The first-order chi connectivity index (χ1) is 25.8. The van der Waals surface area contributed by atoms with Crippen LogP contribution in [0, 0.1) is 49.9 Å². The van der Waals surface area contributed by atoms with Gasteiger partial charge in [-0.3, -0.25) is 0 Å². The van der Waals surface area contributed by atoms with Gasteiger partial charge in [-0.2, -0.15) is 0 Å². The fourth-order valence-electron chi connectivity index (χ4n) is 3.40. The van der Waals surface area contributed by atoms with Crippen LogP contribution in [0.5, 0.6) is 0 Å². The van der Waals surface area contributed by atoms with Gasteiger partial charge in [0.1, 0.15) is 0 Å². The van der Waals surface area contributed by atoms with Crippen LogP contribution in [0.3, 0.4) is 0 Å². The van der Waals surface area contributed by atoms with Crippen molar-refractivity contribution in [2.45, 2.75) is 259 Å². The normalized spacial score (nSPS) is 15.5. The van der Waals surface area contributed by atoms with Crippen LogP contribution in [0.15, 0.2) is 24.8 Å². The number of allylic oxidation sites excluding steroid dienone is 3. The molecule has 1 N–H and O–H groups in total. The number of ether oxygens (including phenoxy) is 2. The molecule has 2 atom stereocenters. The van der Waals surface area contributed by atoms with Gasteiger partial charge in [-0.15, -0.1) is 6.58 Å². The summed E-state index contributed by atoms with van der Waals surface area (Å²) in [5.41, 5.74) is 0.500. The van der Waals surface area contributed by atoms with Crippen molar-refractivity contribution < 1.29 is 47.7 Å². The Kier molecular flexibility index (Phi) is 68.3. The minimum atomic E-state index is -2.94. The molecule has 3 radical (unpaired) electrons. The van der Waals surface area contributed by atoms with E-state index in [2.05, 4.69) is 122 Å². The Hall–Kier alpha value is -0.0768. The van der Waals surface area contributed by atoms with E-state index in [1.165, 1.54) is 33.1 Å². The first-order valence-corrected chi connectivity index (χ1v) is 24.3. The standard InChI is InChI=1S/C11H22O2.C10H18F2.C6H13NO2S.3C5H12.C5H10.C2H6.2CH3.B.W/c1-8(2)12-10-6-5-7-11(10)13-9(3)4;1-8(2)6-5-7-10(11,12)9(3)4;1-5(2)7-10(8,9)6-3-4-6;1-5(2,3)4;3*1-4-5(2)3;1-2;;;;/h8-11H,5-7H2,1-4H3;5,7-9H,6H2,1-4H3;5-7H,3-4H2,1-2H3;1-4H3;2*5H,4H2,1-3H3;4-5H,1H2,2-3H3;1-2H3;2*1H3;;/q;;;;;;;;2*-1;;+2/b;7-5+;;;;;;;;;;/t10-,11-;;;;;;;;;;;/m1.........../s1. The first-order valence-electron chi connectivity index (χ1n) is 22.8. The maximum atomic E-state index is 12.9. The van der Waals surface area contributed by atoms with Crippen LogP contribution in [0.25, 0.3) is 0 Å². The molecule has 0 spiro atoms. The fraction of sp³-hybridized carbons (Fsp3) is 0.882. The summed E-state index contributed by atoms with van der Waals surface area (Å²) in [6, 6.07) is 0.0330. The number of alkyl halides is 2. The van der Waals surface area contributed by atoms with Crippen molar-refractivity contribution in [3.8, 4) is 0 Å². The van der Waals surface area contributed by atoms with E-state index in [1.807, 2.05) is 47.6 Å². The second kappa shape index (κ2) is 49.4. The van der Waals surface area contributed by atoms with E-state index in [0.717, 1.165) is 50.0 Å². The van der Waals surface area contributed by atoms with Gasteiger partial charge in [-0.1, -0.05) is 150 Å². The Morgan fingerprint density at radius 1 is 0.689 bits per heavy atom. The van der Waals surface area contributed by atoms with Gasteiger partial charge in [0.25, 0.3) is 5.92 Å². The third-order valence-corrected chi connectivity index (χ3v) is 9.62. The van der Waals surface area contributed by atoms with Gasteiger partial charge in [-0.25, -0.2) is 21.9 Å². The summed E-state index contributed by atoms with van der Waals surface area (Å²) in [5, 5.41) is -0.0881. The summed E-state index contributed by atoms with van der Waals surface area (Å²) in [4.78, 5) is 0. The first kappa shape index (κ1) is 84.4. The summed E-state index contributed by atoms with van der Waals surface area (Å²) in [6.07, 6.45) is 14.4. The van der Waals surface area contributed by atoms with Crippen LogP contribution in [-0.2, 0) is 40.6 Å². The van der Waals surface area contributed by atoms with Crippen molar-refractivity contribution in [3.05, 3.63) is 39.7 Å². The third kappa shape index (κ3) is 77.5. The summed E-state index contributed by atoms with van der Waals surface area (Å²) in [5.74, 6) is -0.389. The zero-order valence-corrected chi connectivity index (χ0v) is 49.5. The van der Waals surface area contributed by atoms with Gasteiger partial charge >= 0.3 is 21.1 Å². The second-order valence-corrected chi connectivity index (χ2v) is 21.3. The molecule has 61 heavy (non-hydrogen) atoms. The van der Waals surface area contributed by atoms with Crippen LogP contribution in [0.4, 0.5) is 8.78 Å². The maximum Gasteiger partial charge on any atom is 2.00 e. The quantitative estimate of drug-likeness (QED) is 0.107. The van der Waals surface area contributed by atoms with Gasteiger partial charge in [-0.05, 0) is 115 Å². The molecule has 0 aromatic rings. The summed E-state index contributed by atoms with van der Waals surface area (Å²) in [6.45, 7) is 52.9. The zero-order valence-electron chi connectivity index (χ0n) is 45.7. The molecule has 5 nitrogen and oxygen atoms in total. The molecule has 2 rings (SSSR count). The van der Waals surface area contributed by atoms with E-state index in [0.29, 0.717) is 41.7 Å². The molecule has 0 aromatic heterocycles. The topological polar surface area (TPSA) is 64.6 Å². The van der Waals surface area contributed by atoms with Crippen LogP contribution in [0.1, 0.15) is 218 Å². The zero-order chi connectivity index (χ0) is 46.8. The second-order valence-electron chi connectivity index (χ2n) is 19.3. The Labute approximate surface area is 402 Å². The number of rotatable bonds is 14. The maximum absolute atomic E-state index is 12.9. The molecule has 0 bridgehead atoms. The van der Waals surface area contributed by atoms with Gasteiger partial charge in [0, 0.05) is 20.4 Å². The Bertz CT molecular complexity index is 963. The van der Waals surface area contributed by atoms with Crippen molar-refractivity contribution in [1.82, 2.24) is 4.72 Å². The SMILES string of the molecule is C=CC(C)C.CC.CC(C)(C)C.CC(C)C/C=C/C(F)(F)C(C)C.CC(C)NS(=O)(=O)C1CC1.CC(C)O[C@@H]1CCC[C@H]1OC(C)C.CCC(C)C.CCC(C)C.[B].[CH3-].[CH3-].[W+2]. The predicted octanol–water partition coefficient (Wildman–Crippen LogP) is 16.6. The van der Waals surface area contributed by atoms with Crippen molar-refractivity contribution >= 4 is 18.4 Å². The average molecular weight is 1070 g/mol. The van der Waals surface area contributed by atoms with E-state index < -0.39 is 21.9 Å². The minimum Gasteiger partial charge on any atom is -0.373 e.